The van der Waals surface area contributed by atoms with Crippen molar-refractivity contribution < 1.29 is 9.59 Å². The number of carbonyl (C=O) groups excluding carboxylic acids is 2. The molecule has 3 rings (SSSR count). The predicted octanol–water partition coefficient (Wildman–Crippen LogP) is 3.65. The second-order valence-electron chi connectivity index (χ2n) is 9.00. The van der Waals surface area contributed by atoms with E-state index in [0.717, 1.165) is 31.2 Å². The molecular formula is C22H33N3O2. The summed E-state index contributed by atoms with van der Waals surface area (Å²) in [5, 5.41) is 0. The molecule has 0 atom stereocenters. The minimum absolute atomic E-state index is 0.0401. The quantitative estimate of drug-likeness (QED) is 0.797. The molecule has 27 heavy (non-hydrogen) atoms. The molecule has 1 aliphatic heterocycles. The van der Waals surface area contributed by atoms with Crippen molar-refractivity contribution in [3.8, 4) is 0 Å². The first-order valence-electron chi connectivity index (χ1n) is 10.4. The molecule has 0 radical (unpaired) electrons. The minimum atomic E-state index is -0.364. The third kappa shape index (κ3) is 4.88. The number of hydrogen-bond acceptors (Lipinski definition) is 3. The molecule has 0 unspecified atom stereocenters. The number of aromatic nitrogens is 1. The zero-order chi connectivity index (χ0) is 19.4. The molecular weight excluding hydrogens is 338 g/mol. The molecule has 2 fully saturated rings. The Morgan fingerprint density at radius 3 is 2.30 bits per heavy atom. The Morgan fingerprint density at radius 1 is 1.00 bits per heavy atom. The number of carbonyl (C=O) groups is 2. The highest BCUT2D eigenvalue weighted by Gasteiger charge is 2.32. The van der Waals surface area contributed by atoms with Crippen molar-refractivity contribution in [2.75, 3.05) is 13.1 Å². The van der Waals surface area contributed by atoms with Crippen LogP contribution >= 0.6 is 0 Å². The highest BCUT2D eigenvalue weighted by molar-refractivity contribution is 5.83. The molecule has 2 aliphatic rings. The van der Waals surface area contributed by atoms with Crippen molar-refractivity contribution in [2.45, 2.75) is 71.8 Å². The number of piperidine rings is 1. The van der Waals surface area contributed by atoms with Crippen LogP contribution < -0.4 is 5.49 Å². The molecule has 148 valence electrons. The van der Waals surface area contributed by atoms with Gasteiger partial charge in [-0.05, 0) is 37.8 Å². The molecule has 1 saturated carbocycles. The highest BCUT2D eigenvalue weighted by atomic mass is 16.2. The van der Waals surface area contributed by atoms with Gasteiger partial charge in [0.25, 0.3) is 0 Å². The van der Waals surface area contributed by atoms with Gasteiger partial charge in [-0.3, -0.25) is 19.1 Å². The van der Waals surface area contributed by atoms with Gasteiger partial charge in [0.05, 0.1) is 6.04 Å². The van der Waals surface area contributed by atoms with Crippen molar-refractivity contribution in [3.05, 3.63) is 29.9 Å². The molecule has 1 aromatic rings. The van der Waals surface area contributed by atoms with E-state index in [9.17, 15) is 9.59 Å². The largest absolute Gasteiger partial charge is 0.342 e. The second-order valence-corrected chi connectivity index (χ2v) is 9.00. The maximum Gasteiger partial charge on any atom is 0.235 e. The molecule has 1 aromatic heterocycles. The number of hydrogen-bond donors (Lipinski definition) is 0. The third-order valence-corrected chi connectivity index (χ3v) is 5.74. The fraction of sp³-hybridized carbons (Fsp3) is 0.682. The molecule has 1 aliphatic carbocycles. The number of amides is 1. The zero-order valence-electron chi connectivity index (χ0n) is 17.0. The van der Waals surface area contributed by atoms with Gasteiger partial charge in [-0.2, -0.15) is 0 Å². The van der Waals surface area contributed by atoms with Crippen molar-refractivity contribution >= 4 is 11.8 Å². The van der Waals surface area contributed by atoms with E-state index in [4.69, 9.17) is 4.99 Å². The lowest BCUT2D eigenvalue weighted by Gasteiger charge is -2.35. The number of nitrogens with zero attached hydrogens (tertiary/aromatic N) is 3. The number of likely N-dealkylation sites (tertiary alicyclic amines) is 1. The van der Waals surface area contributed by atoms with Gasteiger partial charge in [0.2, 0.25) is 11.8 Å². The summed E-state index contributed by atoms with van der Waals surface area (Å²) in [6.07, 6.45) is 9.30. The lowest BCUT2D eigenvalue weighted by molar-refractivity contribution is -0.140. The van der Waals surface area contributed by atoms with Gasteiger partial charge in [-0.1, -0.05) is 46.1 Å². The SMILES string of the molecule is CC(C)(C)C(=O)N1CCC(C(=O)n2ccccc2=NC2CCCCC2)CC1. The Hall–Kier alpha value is -1.91. The summed E-state index contributed by atoms with van der Waals surface area (Å²) in [4.78, 5) is 32.4. The van der Waals surface area contributed by atoms with Gasteiger partial charge < -0.3 is 4.90 Å². The van der Waals surface area contributed by atoms with E-state index < -0.39 is 0 Å². The predicted molar refractivity (Wildman–Crippen MR) is 106 cm³/mol. The van der Waals surface area contributed by atoms with E-state index in [1.807, 2.05) is 50.1 Å². The van der Waals surface area contributed by atoms with Crippen LogP contribution in [0.5, 0.6) is 0 Å². The number of pyridine rings is 1. The van der Waals surface area contributed by atoms with Gasteiger partial charge in [0.1, 0.15) is 5.49 Å². The zero-order valence-corrected chi connectivity index (χ0v) is 17.0. The number of rotatable bonds is 2. The average Bonchev–Trinajstić information content (AvgIpc) is 2.67. The van der Waals surface area contributed by atoms with Crippen LogP contribution in [0, 0.1) is 11.3 Å². The topological polar surface area (TPSA) is 54.7 Å². The summed E-state index contributed by atoms with van der Waals surface area (Å²) in [6, 6.07) is 6.14. The Labute approximate surface area is 162 Å². The van der Waals surface area contributed by atoms with Crippen LogP contribution in [0.3, 0.4) is 0 Å². The average molecular weight is 372 g/mol. The Morgan fingerprint density at radius 2 is 1.67 bits per heavy atom. The molecule has 0 aromatic carbocycles. The summed E-state index contributed by atoms with van der Waals surface area (Å²) >= 11 is 0. The minimum Gasteiger partial charge on any atom is -0.342 e. The van der Waals surface area contributed by atoms with Crippen molar-refractivity contribution in [1.82, 2.24) is 9.47 Å². The smallest absolute Gasteiger partial charge is 0.235 e. The second kappa shape index (κ2) is 8.41. The molecule has 0 bridgehead atoms. The normalized spacial score (nSPS) is 20.7. The Balaban J connectivity index is 1.70. The molecule has 1 amide bonds. The molecule has 0 N–H and O–H groups in total. The Bertz CT molecular complexity index is 730. The van der Waals surface area contributed by atoms with E-state index in [2.05, 4.69) is 0 Å². The van der Waals surface area contributed by atoms with Crippen molar-refractivity contribution in [2.24, 2.45) is 16.3 Å². The van der Waals surface area contributed by atoms with Gasteiger partial charge in [-0.25, -0.2) is 0 Å². The third-order valence-electron chi connectivity index (χ3n) is 5.74. The maximum absolute atomic E-state index is 13.1. The fourth-order valence-electron chi connectivity index (χ4n) is 4.12. The summed E-state index contributed by atoms with van der Waals surface area (Å²) in [5.41, 5.74) is 0.416. The fourth-order valence-corrected chi connectivity index (χ4v) is 4.12. The summed E-state index contributed by atoms with van der Waals surface area (Å²) in [6.45, 7) is 7.17. The van der Waals surface area contributed by atoms with Crippen LogP contribution in [0.15, 0.2) is 29.4 Å². The van der Waals surface area contributed by atoms with E-state index in [0.29, 0.717) is 19.1 Å². The Kier molecular flexibility index (Phi) is 6.18. The highest BCUT2D eigenvalue weighted by Crippen LogP contribution is 2.24. The standard InChI is InChI=1S/C22H33N3O2/c1-22(2,3)21(27)24-15-12-17(13-16-24)20(26)25-14-8-7-11-19(25)23-18-9-5-4-6-10-18/h7-8,11,14,17-18H,4-6,9-10,12-13,15-16H2,1-3H3. The van der Waals surface area contributed by atoms with Crippen molar-refractivity contribution in [1.29, 1.82) is 0 Å². The van der Waals surface area contributed by atoms with E-state index in [-0.39, 0.29) is 23.1 Å². The van der Waals surface area contributed by atoms with Gasteiger partial charge in [0.15, 0.2) is 0 Å². The van der Waals surface area contributed by atoms with Gasteiger partial charge >= 0.3 is 0 Å². The summed E-state index contributed by atoms with van der Waals surface area (Å²) in [7, 11) is 0. The van der Waals surface area contributed by atoms with Crippen molar-refractivity contribution in [3.63, 3.8) is 0 Å². The van der Waals surface area contributed by atoms with Crippen LogP contribution in [0.2, 0.25) is 0 Å². The molecule has 2 heterocycles. The van der Waals surface area contributed by atoms with E-state index in [1.165, 1.54) is 19.3 Å². The van der Waals surface area contributed by atoms with Crippen LogP contribution in [0.1, 0.15) is 70.5 Å². The first-order valence-corrected chi connectivity index (χ1v) is 10.4. The first-order chi connectivity index (χ1) is 12.9. The van der Waals surface area contributed by atoms with Crippen LogP contribution in [0.25, 0.3) is 0 Å². The summed E-state index contributed by atoms with van der Waals surface area (Å²) in [5.74, 6) is 0.253. The lowest BCUT2D eigenvalue weighted by Crippen LogP contribution is -2.46. The molecule has 5 nitrogen and oxygen atoms in total. The van der Waals surface area contributed by atoms with Crippen LogP contribution in [-0.2, 0) is 4.79 Å². The lowest BCUT2D eigenvalue weighted by atomic mass is 9.90. The van der Waals surface area contributed by atoms with Crippen LogP contribution in [0.4, 0.5) is 0 Å². The summed E-state index contributed by atoms with van der Waals surface area (Å²) < 4.78 is 1.74. The first kappa shape index (κ1) is 19.8. The molecule has 1 saturated heterocycles. The van der Waals surface area contributed by atoms with E-state index >= 15 is 0 Å². The molecule has 5 heteroatoms. The van der Waals surface area contributed by atoms with Gasteiger partial charge in [-0.15, -0.1) is 0 Å². The maximum atomic E-state index is 13.1. The molecule has 0 spiro atoms. The monoisotopic (exact) mass is 371 g/mol. The van der Waals surface area contributed by atoms with Crippen LogP contribution in [-0.4, -0.2) is 40.4 Å². The van der Waals surface area contributed by atoms with Gasteiger partial charge in [0, 0.05) is 30.6 Å². The van der Waals surface area contributed by atoms with E-state index in [1.54, 1.807) is 4.57 Å².